The highest BCUT2D eigenvalue weighted by atomic mass is 16.6. The van der Waals surface area contributed by atoms with E-state index in [1.807, 2.05) is 11.8 Å². The van der Waals surface area contributed by atoms with Crippen molar-refractivity contribution >= 4 is 11.6 Å². The summed E-state index contributed by atoms with van der Waals surface area (Å²) in [4.78, 5) is 24.3. The molecule has 1 amide bonds. The van der Waals surface area contributed by atoms with Crippen LogP contribution in [0.25, 0.3) is 0 Å². The monoisotopic (exact) mass is 291 g/mol. The highest BCUT2D eigenvalue weighted by Gasteiger charge is 2.25. The van der Waals surface area contributed by atoms with Crippen LogP contribution < -0.4 is 5.73 Å². The van der Waals surface area contributed by atoms with Gasteiger partial charge in [-0.2, -0.15) is 0 Å². The molecule has 2 unspecified atom stereocenters. The van der Waals surface area contributed by atoms with Gasteiger partial charge in [0.25, 0.3) is 5.69 Å². The number of nitro groups is 1. The van der Waals surface area contributed by atoms with Gasteiger partial charge in [0.1, 0.15) is 0 Å². The summed E-state index contributed by atoms with van der Waals surface area (Å²) in [7, 11) is 0. The first-order valence-electron chi connectivity index (χ1n) is 7.24. The Morgan fingerprint density at radius 2 is 2.14 bits per heavy atom. The normalized spacial score (nSPS) is 20.1. The third kappa shape index (κ3) is 4.01. The number of carbonyl (C=O) groups is 1. The van der Waals surface area contributed by atoms with Crippen LogP contribution in [0, 0.1) is 16.0 Å². The zero-order valence-electron chi connectivity index (χ0n) is 12.2. The van der Waals surface area contributed by atoms with Gasteiger partial charge in [-0.15, -0.1) is 0 Å². The van der Waals surface area contributed by atoms with E-state index in [1.54, 1.807) is 12.1 Å². The predicted octanol–water partition coefficient (Wildman–Crippen LogP) is 1.72. The van der Waals surface area contributed by atoms with Crippen molar-refractivity contribution < 1.29 is 9.72 Å². The molecule has 6 nitrogen and oxygen atoms in total. The maximum atomic E-state index is 12.3. The minimum absolute atomic E-state index is 0.0428. The van der Waals surface area contributed by atoms with Crippen molar-refractivity contribution in [2.24, 2.45) is 11.7 Å². The highest BCUT2D eigenvalue weighted by molar-refractivity contribution is 5.79. The number of nitrogens with zero attached hydrogens (tertiary/aromatic N) is 2. The van der Waals surface area contributed by atoms with Gasteiger partial charge in [-0.25, -0.2) is 0 Å². The zero-order valence-corrected chi connectivity index (χ0v) is 12.2. The molecule has 1 saturated heterocycles. The van der Waals surface area contributed by atoms with Gasteiger partial charge in [0, 0.05) is 31.3 Å². The van der Waals surface area contributed by atoms with Crippen LogP contribution in [0.2, 0.25) is 0 Å². The smallest absolute Gasteiger partial charge is 0.269 e. The van der Waals surface area contributed by atoms with Gasteiger partial charge in [-0.05, 0) is 31.2 Å². The first kappa shape index (κ1) is 15.4. The Kier molecular flexibility index (Phi) is 4.90. The molecule has 21 heavy (non-hydrogen) atoms. The highest BCUT2D eigenvalue weighted by Crippen LogP contribution is 2.20. The quantitative estimate of drug-likeness (QED) is 0.675. The van der Waals surface area contributed by atoms with Crippen LogP contribution in [-0.4, -0.2) is 34.9 Å². The second-order valence-electron chi connectivity index (χ2n) is 5.70. The molecule has 0 saturated carbocycles. The van der Waals surface area contributed by atoms with Crippen LogP contribution in [0.1, 0.15) is 25.3 Å². The van der Waals surface area contributed by atoms with Crippen LogP contribution in [0.5, 0.6) is 0 Å². The SMILES string of the molecule is CC(N)C1CCCN(C(=O)Cc2ccc([N+](=O)[O-])cc2)C1. The maximum absolute atomic E-state index is 12.3. The number of nitrogens with two attached hydrogens (primary N) is 1. The topological polar surface area (TPSA) is 89.5 Å². The fourth-order valence-corrected chi connectivity index (χ4v) is 2.69. The van der Waals surface area contributed by atoms with Crippen LogP contribution >= 0.6 is 0 Å². The molecule has 1 fully saturated rings. The molecule has 1 aromatic carbocycles. The fraction of sp³-hybridized carbons (Fsp3) is 0.533. The van der Waals surface area contributed by atoms with Gasteiger partial charge < -0.3 is 10.6 Å². The number of carbonyl (C=O) groups excluding carboxylic acids is 1. The number of likely N-dealkylation sites (tertiary alicyclic amines) is 1. The largest absolute Gasteiger partial charge is 0.342 e. The molecule has 2 rings (SSSR count). The fourth-order valence-electron chi connectivity index (χ4n) is 2.69. The minimum atomic E-state index is -0.441. The average Bonchev–Trinajstić information content (AvgIpc) is 2.48. The predicted molar refractivity (Wildman–Crippen MR) is 79.8 cm³/mol. The molecule has 1 aliphatic rings. The lowest BCUT2D eigenvalue weighted by atomic mass is 9.92. The summed E-state index contributed by atoms with van der Waals surface area (Å²) in [6.45, 7) is 3.47. The van der Waals surface area contributed by atoms with Gasteiger partial charge in [0.2, 0.25) is 5.91 Å². The molecule has 6 heteroatoms. The number of hydrogen-bond donors (Lipinski definition) is 1. The molecule has 0 radical (unpaired) electrons. The molecule has 0 spiro atoms. The molecule has 1 aromatic rings. The molecule has 1 heterocycles. The van der Waals surface area contributed by atoms with Gasteiger partial charge in [0.05, 0.1) is 11.3 Å². The van der Waals surface area contributed by atoms with Crippen molar-refractivity contribution in [3.8, 4) is 0 Å². The standard InChI is InChI=1S/C15H21N3O3/c1-11(16)13-3-2-8-17(10-13)15(19)9-12-4-6-14(7-5-12)18(20)21/h4-7,11,13H,2-3,8-10,16H2,1H3. The lowest BCUT2D eigenvalue weighted by Crippen LogP contribution is -2.45. The van der Waals surface area contributed by atoms with Crippen molar-refractivity contribution in [2.75, 3.05) is 13.1 Å². The Morgan fingerprint density at radius 3 is 2.71 bits per heavy atom. The Morgan fingerprint density at radius 1 is 1.48 bits per heavy atom. The van der Waals surface area contributed by atoms with Crippen LogP contribution in [-0.2, 0) is 11.2 Å². The van der Waals surface area contributed by atoms with Crippen LogP contribution in [0.4, 0.5) is 5.69 Å². The third-order valence-corrected chi connectivity index (χ3v) is 4.06. The Hall–Kier alpha value is -1.95. The van der Waals surface area contributed by atoms with E-state index in [9.17, 15) is 14.9 Å². The van der Waals surface area contributed by atoms with E-state index >= 15 is 0 Å². The molecule has 0 aliphatic carbocycles. The van der Waals surface area contributed by atoms with Gasteiger partial charge in [-0.1, -0.05) is 12.1 Å². The Bertz CT molecular complexity index is 513. The Labute approximate surface area is 124 Å². The summed E-state index contributed by atoms with van der Waals surface area (Å²) in [5.41, 5.74) is 6.77. The van der Waals surface area contributed by atoms with Gasteiger partial charge in [-0.3, -0.25) is 14.9 Å². The molecule has 2 N–H and O–H groups in total. The summed E-state index contributed by atoms with van der Waals surface area (Å²) >= 11 is 0. The van der Waals surface area contributed by atoms with Gasteiger partial charge >= 0.3 is 0 Å². The minimum Gasteiger partial charge on any atom is -0.342 e. The molecular weight excluding hydrogens is 270 g/mol. The molecule has 0 bridgehead atoms. The lowest BCUT2D eigenvalue weighted by Gasteiger charge is -2.34. The number of benzene rings is 1. The van der Waals surface area contributed by atoms with Crippen molar-refractivity contribution in [3.63, 3.8) is 0 Å². The lowest BCUT2D eigenvalue weighted by molar-refractivity contribution is -0.384. The average molecular weight is 291 g/mol. The third-order valence-electron chi connectivity index (χ3n) is 4.06. The van der Waals surface area contributed by atoms with E-state index < -0.39 is 4.92 Å². The first-order valence-corrected chi connectivity index (χ1v) is 7.24. The summed E-state index contributed by atoms with van der Waals surface area (Å²) < 4.78 is 0. The zero-order chi connectivity index (χ0) is 15.4. The number of amides is 1. The molecule has 114 valence electrons. The molecular formula is C15H21N3O3. The maximum Gasteiger partial charge on any atom is 0.269 e. The molecule has 1 aliphatic heterocycles. The molecule has 0 aromatic heterocycles. The van der Waals surface area contributed by atoms with E-state index in [4.69, 9.17) is 5.73 Å². The van der Waals surface area contributed by atoms with Gasteiger partial charge in [0.15, 0.2) is 0 Å². The number of nitro benzene ring substituents is 1. The first-order chi connectivity index (χ1) is 9.97. The van der Waals surface area contributed by atoms with Crippen molar-refractivity contribution in [1.29, 1.82) is 0 Å². The number of hydrogen-bond acceptors (Lipinski definition) is 4. The van der Waals surface area contributed by atoms with Crippen molar-refractivity contribution in [2.45, 2.75) is 32.2 Å². The van der Waals surface area contributed by atoms with Crippen LogP contribution in [0.15, 0.2) is 24.3 Å². The molecule has 2 atom stereocenters. The summed E-state index contributed by atoms with van der Waals surface area (Å²) in [5.74, 6) is 0.425. The summed E-state index contributed by atoms with van der Waals surface area (Å²) in [6, 6.07) is 6.25. The second-order valence-corrected chi connectivity index (χ2v) is 5.70. The van der Waals surface area contributed by atoms with E-state index in [0.29, 0.717) is 12.5 Å². The van der Waals surface area contributed by atoms with E-state index in [-0.39, 0.29) is 24.1 Å². The van der Waals surface area contributed by atoms with E-state index in [2.05, 4.69) is 0 Å². The van der Waals surface area contributed by atoms with E-state index in [0.717, 1.165) is 24.9 Å². The number of piperidine rings is 1. The summed E-state index contributed by atoms with van der Waals surface area (Å²) in [5, 5.41) is 10.6. The van der Waals surface area contributed by atoms with Crippen molar-refractivity contribution in [3.05, 3.63) is 39.9 Å². The summed E-state index contributed by atoms with van der Waals surface area (Å²) in [6.07, 6.45) is 2.33. The Balaban J connectivity index is 1.96. The van der Waals surface area contributed by atoms with Crippen LogP contribution in [0.3, 0.4) is 0 Å². The number of rotatable bonds is 4. The number of non-ortho nitro benzene ring substituents is 1. The van der Waals surface area contributed by atoms with Crippen molar-refractivity contribution in [1.82, 2.24) is 4.90 Å². The second kappa shape index (κ2) is 6.67. The van der Waals surface area contributed by atoms with E-state index in [1.165, 1.54) is 12.1 Å².